The van der Waals surface area contributed by atoms with Gasteiger partial charge in [-0.1, -0.05) is 53.4 Å². The Morgan fingerprint density at radius 2 is 1.05 bits per heavy atom. The first kappa shape index (κ1) is 25.8. The summed E-state index contributed by atoms with van der Waals surface area (Å²) in [7, 11) is 0. The summed E-state index contributed by atoms with van der Waals surface area (Å²) in [4.78, 5) is 20.9. The van der Waals surface area contributed by atoms with E-state index in [-0.39, 0.29) is 38.0 Å². The van der Waals surface area contributed by atoms with Crippen LogP contribution >= 0.6 is 0 Å². The van der Waals surface area contributed by atoms with Crippen molar-refractivity contribution in [1.29, 1.82) is 0 Å². The first-order valence-electron chi connectivity index (χ1n) is 7.89. The topological polar surface area (TPSA) is 74.6 Å². The van der Waals surface area contributed by atoms with Gasteiger partial charge in [0, 0.05) is 0 Å². The van der Waals surface area contributed by atoms with E-state index >= 15 is 0 Å². The van der Waals surface area contributed by atoms with Gasteiger partial charge < -0.3 is 10.2 Å². The van der Waals surface area contributed by atoms with Crippen molar-refractivity contribution in [3.05, 3.63) is 0 Å². The number of aliphatic carboxylic acids is 2. The summed E-state index contributed by atoms with van der Waals surface area (Å²) in [6, 6.07) is 0. The zero-order valence-electron chi connectivity index (χ0n) is 14.2. The monoisotopic (exact) mass is 500 g/mol. The van der Waals surface area contributed by atoms with Gasteiger partial charge in [0.1, 0.15) is 0 Å². The molecule has 2 N–H and O–H groups in total. The molecule has 128 valence electrons. The number of unbranched alkanes of at least 4 members (excludes halogenated alkanes) is 2. The van der Waals surface area contributed by atoms with Crippen LogP contribution in [0.15, 0.2) is 0 Å². The van der Waals surface area contributed by atoms with Crippen LogP contribution in [-0.2, 0) is 9.59 Å². The predicted molar refractivity (Wildman–Crippen MR) is 91.8 cm³/mol. The van der Waals surface area contributed by atoms with Crippen molar-refractivity contribution in [2.24, 2.45) is 11.8 Å². The molecule has 0 saturated heterocycles. The molecule has 21 heavy (non-hydrogen) atoms. The normalized spacial score (nSPS) is 12.4. The number of carboxylic acids is 2. The molecular weight excluding hydrogens is 465 g/mol. The van der Waals surface area contributed by atoms with Crippen molar-refractivity contribution in [2.75, 3.05) is 0 Å². The molecule has 0 rings (SSSR count). The molecule has 0 radical (unpaired) electrons. The van der Waals surface area contributed by atoms with Crippen LogP contribution in [0, 0.1) is 11.8 Å². The fourth-order valence-electron chi connectivity index (χ4n) is 1.91. The maximum absolute atomic E-state index is 10.4. The minimum atomic E-state index is -0.643. The van der Waals surface area contributed by atoms with Crippen LogP contribution < -0.4 is 0 Å². The van der Waals surface area contributed by atoms with Gasteiger partial charge in [-0.2, -0.15) is 0 Å². The Labute approximate surface area is 148 Å². The van der Waals surface area contributed by atoms with Crippen LogP contribution in [0.1, 0.15) is 79.1 Å². The molecule has 0 aromatic carbocycles. The molecule has 0 spiro atoms. The van der Waals surface area contributed by atoms with Gasteiger partial charge in [-0.05, 0) is 25.7 Å². The molecule has 2 atom stereocenters. The van der Waals surface area contributed by atoms with Crippen molar-refractivity contribution < 1.29 is 19.8 Å². The number of hydrogen-bond acceptors (Lipinski definition) is 2. The summed E-state index contributed by atoms with van der Waals surface area (Å²) in [6.07, 6.45) is 7.43. The van der Waals surface area contributed by atoms with E-state index in [0.29, 0.717) is 0 Å². The summed E-state index contributed by atoms with van der Waals surface area (Å²) >= 11 is 0. The average molecular weight is 500 g/mol. The van der Waals surface area contributed by atoms with Crippen LogP contribution in [0.3, 0.4) is 0 Å². The summed E-state index contributed by atoms with van der Waals surface area (Å²) in [5.41, 5.74) is 0. The van der Waals surface area contributed by atoms with Crippen molar-refractivity contribution in [3.8, 4) is 0 Å². The first-order valence-corrected chi connectivity index (χ1v) is 7.89. The molecule has 4 nitrogen and oxygen atoms in total. The molecule has 2 unspecified atom stereocenters. The molecule has 0 aromatic rings. The molecule has 0 bridgehead atoms. The third kappa shape index (κ3) is 16.0. The van der Waals surface area contributed by atoms with Crippen molar-refractivity contribution in [3.63, 3.8) is 0 Å². The summed E-state index contributed by atoms with van der Waals surface area (Å²) < 4.78 is 0. The van der Waals surface area contributed by atoms with Crippen LogP contribution in [-0.4, -0.2) is 48.4 Å². The Kier molecular flexibility index (Phi) is 21.9. The Balaban J connectivity index is -0.000000295. The summed E-state index contributed by atoms with van der Waals surface area (Å²) in [5, 5.41) is 17.2. The second-order valence-electron chi connectivity index (χ2n) is 5.17. The molecule has 0 amide bonds. The van der Waals surface area contributed by atoms with E-state index in [2.05, 4.69) is 13.8 Å². The average Bonchev–Trinajstić information content (AvgIpc) is 2.40. The molecule has 5 heteroatoms. The fourth-order valence-corrected chi connectivity index (χ4v) is 1.91. The second-order valence-corrected chi connectivity index (χ2v) is 5.17. The van der Waals surface area contributed by atoms with Gasteiger partial charge in [-0.3, -0.25) is 9.59 Å². The van der Waals surface area contributed by atoms with E-state index < -0.39 is 11.9 Å². The van der Waals surface area contributed by atoms with Crippen LogP contribution in [0.4, 0.5) is 0 Å². The number of rotatable bonds is 10. The number of hydrogen-bond donors (Lipinski definition) is 2. The van der Waals surface area contributed by atoms with Crippen molar-refractivity contribution in [2.45, 2.75) is 79.1 Å². The molecule has 0 aromatic heterocycles. The molecule has 0 fully saturated rings. The maximum atomic E-state index is 10.4. The van der Waals surface area contributed by atoms with Gasteiger partial charge in [0.2, 0.25) is 0 Å². The zero-order chi connectivity index (χ0) is 16.0. The van der Waals surface area contributed by atoms with Crippen LogP contribution in [0.2, 0.25) is 0 Å². The molecule has 0 aliphatic rings. The van der Waals surface area contributed by atoms with Gasteiger partial charge in [-0.15, -0.1) is 0 Å². The number of carboxylic acid groups (broad SMARTS) is 2. The van der Waals surface area contributed by atoms with E-state index in [4.69, 9.17) is 10.2 Å². The van der Waals surface area contributed by atoms with E-state index in [0.717, 1.165) is 51.4 Å². The quantitative estimate of drug-likeness (QED) is 0.451. The van der Waals surface area contributed by atoms with Gasteiger partial charge in [0.25, 0.3) is 0 Å². The van der Waals surface area contributed by atoms with Gasteiger partial charge >= 0.3 is 38.1 Å². The Hall–Kier alpha value is -0.177. The van der Waals surface area contributed by atoms with Gasteiger partial charge in [0.05, 0.1) is 11.8 Å². The van der Waals surface area contributed by atoms with Crippen molar-refractivity contribution >= 4 is 38.1 Å². The predicted octanol–water partition coefficient (Wildman–Crippen LogP) is 3.39. The van der Waals surface area contributed by atoms with E-state index in [9.17, 15) is 9.59 Å². The number of carbonyl (C=O) groups is 2. The molecule has 0 saturated carbocycles. The molecule has 0 heterocycles. The van der Waals surface area contributed by atoms with E-state index in [1.165, 1.54) is 0 Å². The SMILES string of the molecule is CCCCC(CC)C(=O)O.CCCCC(CC)C(=O)O.[BiH3]. The van der Waals surface area contributed by atoms with Gasteiger partial charge in [-0.25, -0.2) is 0 Å². The molecule has 0 aliphatic heterocycles. The zero-order valence-corrected chi connectivity index (χ0v) is 19.7. The Bertz CT molecular complexity index is 231. The Morgan fingerprint density at radius 1 is 0.762 bits per heavy atom. The van der Waals surface area contributed by atoms with Crippen LogP contribution in [0.25, 0.3) is 0 Å². The third-order valence-corrected chi connectivity index (χ3v) is 3.50. The first-order chi connectivity index (χ1) is 9.44. The third-order valence-electron chi connectivity index (χ3n) is 3.50. The molecular formula is C16H35BiO4. The van der Waals surface area contributed by atoms with E-state index in [1.807, 2.05) is 13.8 Å². The van der Waals surface area contributed by atoms with Gasteiger partial charge in [0.15, 0.2) is 0 Å². The standard InChI is InChI=1S/2C8H16O2.Bi.3H/c2*1-3-5-6-7(4-2)8(9)10;;;;/h2*7H,3-6H2,1-2H3,(H,9,10);;;;. The fraction of sp³-hybridized carbons (Fsp3) is 0.875. The summed E-state index contributed by atoms with van der Waals surface area (Å²) in [5.74, 6) is -1.51. The van der Waals surface area contributed by atoms with E-state index in [1.54, 1.807) is 0 Å². The van der Waals surface area contributed by atoms with Crippen molar-refractivity contribution in [1.82, 2.24) is 0 Å². The Morgan fingerprint density at radius 3 is 1.19 bits per heavy atom. The molecule has 0 aliphatic carbocycles. The minimum absolute atomic E-state index is 0. The summed E-state index contributed by atoms with van der Waals surface area (Å²) in [6.45, 7) is 8.01. The van der Waals surface area contributed by atoms with Crippen LogP contribution in [0.5, 0.6) is 0 Å². The second kappa shape index (κ2) is 17.9.